The van der Waals surface area contributed by atoms with Gasteiger partial charge in [-0.05, 0) is 4.92 Å². The molecule has 2 aromatic rings. The van der Waals surface area contributed by atoms with Crippen LogP contribution >= 0.6 is 11.3 Å². The first-order valence-corrected chi connectivity index (χ1v) is 6.66. The molecule has 0 radical (unpaired) electrons. The molecule has 3 heterocycles. The number of imidazole rings is 1. The second kappa shape index (κ2) is 4.76. The number of nitrogens with zero attached hydrogens (tertiary/aromatic N) is 4. The zero-order valence-corrected chi connectivity index (χ0v) is 10.7. The highest BCUT2D eigenvalue weighted by atomic mass is 32.1. The van der Waals surface area contributed by atoms with Crippen molar-refractivity contribution >= 4 is 27.9 Å². The van der Waals surface area contributed by atoms with Gasteiger partial charge in [0.25, 0.3) is 4.96 Å². The molecule has 0 aliphatic carbocycles. The van der Waals surface area contributed by atoms with Gasteiger partial charge in [0.2, 0.25) is 5.82 Å². The maximum atomic E-state index is 11.2. The van der Waals surface area contributed by atoms with Gasteiger partial charge in [-0.1, -0.05) is 11.3 Å². The molecule has 102 valence electrons. The maximum absolute atomic E-state index is 11.2. The molecule has 1 saturated heterocycles. The average molecular weight is 284 g/mol. The van der Waals surface area contributed by atoms with Gasteiger partial charge in [-0.2, -0.15) is 9.38 Å². The van der Waals surface area contributed by atoms with Crippen LogP contribution in [0.2, 0.25) is 0 Å². The van der Waals surface area contributed by atoms with E-state index in [1.165, 1.54) is 15.7 Å². The van der Waals surface area contributed by atoms with E-state index in [2.05, 4.69) is 4.98 Å². The summed E-state index contributed by atoms with van der Waals surface area (Å²) in [7, 11) is 0. The van der Waals surface area contributed by atoms with Crippen molar-refractivity contribution in [2.24, 2.45) is 0 Å². The van der Waals surface area contributed by atoms with Gasteiger partial charge in [-0.25, -0.2) is 0 Å². The lowest BCUT2D eigenvalue weighted by Gasteiger charge is -2.31. The van der Waals surface area contributed by atoms with Crippen molar-refractivity contribution in [3.8, 4) is 0 Å². The number of hydrogen-bond acceptors (Lipinski definition) is 7. The van der Waals surface area contributed by atoms with Crippen LogP contribution in [0.5, 0.6) is 0 Å². The summed E-state index contributed by atoms with van der Waals surface area (Å²) in [5, 5.41) is 22.1. The van der Waals surface area contributed by atoms with E-state index in [0.29, 0.717) is 30.5 Å². The molecular weight excluding hydrogens is 272 g/mol. The van der Waals surface area contributed by atoms with Crippen molar-refractivity contribution in [3.05, 3.63) is 21.7 Å². The van der Waals surface area contributed by atoms with Crippen molar-refractivity contribution in [2.45, 2.75) is 6.10 Å². The fourth-order valence-corrected chi connectivity index (χ4v) is 2.87. The molecule has 0 bridgehead atoms. The predicted octanol–water partition coefficient (Wildman–Crippen LogP) is 0.501. The molecule has 1 fully saturated rings. The van der Waals surface area contributed by atoms with Crippen LogP contribution in [0.3, 0.4) is 0 Å². The summed E-state index contributed by atoms with van der Waals surface area (Å²) < 4.78 is 6.82. The lowest BCUT2D eigenvalue weighted by molar-refractivity contribution is -0.389. The normalized spacial score (nSPS) is 20.1. The Morgan fingerprint density at radius 3 is 3.26 bits per heavy atom. The van der Waals surface area contributed by atoms with E-state index in [1.54, 1.807) is 16.5 Å². The van der Waals surface area contributed by atoms with Crippen LogP contribution in [0.4, 0.5) is 11.6 Å². The lowest BCUT2D eigenvalue weighted by Crippen LogP contribution is -2.44. The SMILES string of the molecule is O=[N+]([O-])c1c(N2CCOC(CO)C2)nc2sccn12. The third kappa shape index (κ3) is 2.05. The van der Waals surface area contributed by atoms with Gasteiger partial charge in [0, 0.05) is 18.5 Å². The van der Waals surface area contributed by atoms with Crippen LogP contribution in [0, 0.1) is 10.1 Å². The molecule has 3 rings (SSSR count). The Kier molecular flexibility index (Phi) is 3.09. The number of fused-ring (bicyclic) bond motifs is 1. The highest BCUT2D eigenvalue weighted by Gasteiger charge is 2.31. The number of ether oxygens (including phenoxy) is 1. The number of morpholine rings is 1. The van der Waals surface area contributed by atoms with Gasteiger partial charge in [0.15, 0.2) is 0 Å². The second-order valence-electron chi connectivity index (χ2n) is 4.19. The molecule has 1 atom stereocenters. The van der Waals surface area contributed by atoms with Gasteiger partial charge in [0.1, 0.15) is 6.20 Å². The number of hydrogen-bond donors (Lipinski definition) is 1. The smallest absolute Gasteiger partial charge is 0.373 e. The Morgan fingerprint density at radius 2 is 2.53 bits per heavy atom. The minimum atomic E-state index is -0.425. The summed E-state index contributed by atoms with van der Waals surface area (Å²) in [4.78, 5) is 17.5. The summed E-state index contributed by atoms with van der Waals surface area (Å²) in [6, 6.07) is 0. The summed E-state index contributed by atoms with van der Waals surface area (Å²) >= 11 is 1.35. The van der Waals surface area contributed by atoms with Crippen molar-refractivity contribution < 1.29 is 14.8 Å². The number of anilines is 1. The first kappa shape index (κ1) is 12.3. The zero-order valence-electron chi connectivity index (χ0n) is 9.93. The van der Waals surface area contributed by atoms with Crippen molar-refractivity contribution in [1.82, 2.24) is 9.38 Å². The fraction of sp³-hybridized carbons (Fsp3) is 0.500. The molecule has 1 aliphatic heterocycles. The number of rotatable bonds is 3. The summed E-state index contributed by atoms with van der Waals surface area (Å²) in [6.07, 6.45) is 1.31. The molecule has 1 unspecified atom stereocenters. The Bertz CT molecular complexity index is 610. The molecule has 0 aromatic carbocycles. The number of aliphatic hydroxyl groups excluding tert-OH is 1. The van der Waals surface area contributed by atoms with Crippen LogP contribution in [-0.2, 0) is 4.74 Å². The molecular formula is C10H12N4O4S. The summed E-state index contributed by atoms with van der Waals surface area (Å²) in [5.74, 6) is 0.313. The van der Waals surface area contributed by atoms with Gasteiger partial charge in [0.05, 0.1) is 19.3 Å². The molecule has 0 amide bonds. The largest absolute Gasteiger partial charge is 0.394 e. The number of thiazole rings is 1. The highest BCUT2D eigenvalue weighted by molar-refractivity contribution is 7.15. The minimum Gasteiger partial charge on any atom is -0.394 e. The lowest BCUT2D eigenvalue weighted by atomic mass is 10.3. The Labute approximate surface area is 112 Å². The summed E-state index contributed by atoms with van der Waals surface area (Å²) in [6.45, 7) is 1.25. The van der Waals surface area contributed by atoms with Gasteiger partial charge in [-0.3, -0.25) is 0 Å². The van der Waals surface area contributed by atoms with E-state index in [0.717, 1.165) is 0 Å². The molecule has 8 nitrogen and oxygen atoms in total. The number of nitro groups is 1. The number of aromatic nitrogens is 2. The quantitative estimate of drug-likeness (QED) is 0.651. The minimum absolute atomic E-state index is 0.0326. The van der Waals surface area contributed by atoms with Crippen molar-refractivity contribution in [1.29, 1.82) is 0 Å². The second-order valence-corrected chi connectivity index (χ2v) is 5.07. The van der Waals surface area contributed by atoms with E-state index >= 15 is 0 Å². The van der Waals surface area contributed by atoms with Gasteiger partial charge >= 0.3 is 5.82 Å². The molecule has 1 N–H and O–H groups in total. The molecule has 0 saturated carbocycles. The van der Waals surface area contributed by atoms with Crippen molar-refractivity contribution in [2.75, 3.05) is 31.2 Å². The van der Waals surface area contributed by atoms with Gasteiger partial charge < -0.3 is 24.9 Å². The van der Waals surface area contributed by atoms with Crippen LogP contribution < -0.4 is 4.90 Å². The molecule has 19 heavy (non-hydrogen) atoms. The summed E-state index contributed by atoms with van der Waals surface area (Å²) in [5.41, 5.74) is 0. The van der Waals surface area contributed by atoms with E-state index < -0.39 is 4.92 Å². The van der Waals surface area contributed by atoms with E-state index in [-0.39, 0.29) is 18.5 Å². The fourth-order valence-electron chi connectivity index (χ4n) is 2.17. The third-order valence-electron chi connectivity index (χ3n) is 3.03. The van der Waals surface area contributed by atoms with E-state index in [1.807, 2.05) is 0 Å². The van der Waals surface area contributed by atoms with Gasteiger partial charge in [-0.15, -0.1) is 0 Å². The predicted molar refractivity (Wildman–Crippen MR) is 68.8 cm³/mol. The first-order valence-electron chi connectivity index (χ1n) is 5.78. The van der Waals surface area contributed by atoms with Crippen LogP contribution in [-0.4, -0.2) is 51.8 Å². The average Bonchev–Trinajstić information content (AvgIpc) is 2.98. The maximum Gasteiger partial charge on any atom is 0.373 e. The first-order chi connectivity index (χ1) is 9.20. The number of aliphatic hydroxyl groups is 1. The zero-order chi connectivity index (χ0) is 13.4. The Morgan fingerprint density at radius 1 is 1.68 bits per heavy atom. The Balaban J connectivity index is 2.01. The molecule has 2 aromatic heterocycles. The van der Waals surface area contributed by atoms with Crippen molar-refractivity contribution in [3.63, 3.8) is 0 Å². The standard InChI is InChI=1S/C10H12N4O4S/c15-6-7-5-12(1-3-18-7)8-9(14(16)17)13-2-4-19-10(13)11-8/h2,4,7,15H,1,3,5-6H2. The molecule has 1 aliphatic rings. The monoisotopic (exact) mass is 284 g/mol. The molecule has 9 heteroatoms. The highest BCUT2D eigenvalue weighted by Crippen LogP contribution is 2.31. The van der Waals surface area contributed by atoms with Crippen LogP contribution in [0.25, 0.3) is 4.96 Å². The van der Waals surface area contributed by atoms with Crippen LogP contribution in [0.15, 0.2) is 11.6 Å². The topological polar surface area (TPSA) is 93.1 Å². The van der Waals surface area contributed by atoms with E-state index in [4.69, 9.17) is 9.84 Å². The Hall–Kier alpha value is -1.71. The third-order valence-corrected chi connectivity index (χ3v) is 3.79. The molecule has 0 spiro atoms. The van der Waals surface area contributed by atoms with Crippen LogP contribution in [0.1, 0.15) is 0 Å². The van der Waals surface area contributed by atoms with E-state index in [9.17, 15) is 10.1 Å².